The van der Waals surface area contributed by atoms with Crippen LogP contribution in [0.3, 0.4) is 0 Å². The number of aryl methyl sites for hydroxylation is 1. The molecule has 0 saturated heterocycles. The lowest BCUT2D eigenvalue weighted by molar-refractivity contribution is 0.324. The van der Waals surface area contributed by atoms with Crippen LogP contribution >= 0.6 is 11.3 Å². The summed E-state index contributed by atoms with van der Waals surface area (Å²) in [5.74, 6) is 0.858. The van der Waals surface area contributed by atoms with Gasteiger partial charge in [-0.3, -0.25) is 0 Å². The van der Waals surface area contributed by atoms with Crippen molar-refractivity contribution in [2.45, 2.75) is 26.8 Å². The Morgan fingerprint density at radius 2 is 2.21 bits per heavy atom. The normalized spacial score (nSPS) is 10.9. The largest absolute Gasteiger partial charge is 0.316 e. The number of rotatable bonds is 6. The summed E-state index contributed by atoms with van der Waals surface area (Å²) in [5, 5.41) is 4.14. The smallest absolute Gasteiger partial charge is 0.188 e. The molecule has 2 heterocycles. The second-order valence-electron chi connectivity index (χ2n) is 4.65. The second-order valence-corrected chi connectivity index (χ2v) is 5.89. The zero-order valence-corrected chi connectivity index (χ0v) is 12.5. The van der Waals surface area contributed by atoms with Crippen LogP contribution in [0.4, 0.5) is 10.9 Å². The van der Waals surface area contributed by atoms with E-state index in [1.54, 1.807) is 11.3 Å². The molecule has 0 unspecified atom stereocenters. The van der Waals surface area contributed by atoms with Crippen LogP contribution in [0.15, 0.2) is 24.4 Å². The minimum Gasteiger partial charge on any atom is -0.316 e. The Morgan fingerprint density at radius 1 is 1.37 bits per heavy atom. The number of thiazole rings is 1. The van der Waals surface area contributed by atoms with Gasteiger partial charge in [0.15, 0.2) is 5.13 Å². The summed E-state index contributed by atoms with van der Waals surface area (Å²) in [7, 11) is 2.12. The molecule has 19 heavy (non-hydrogen) atoms. The van der Waals surface area contributed by atoms with Crippen molar-refractivity contribution in [3.63, 3.8) is 0 Å². The lowest BCUT2D eigenvalue weighted by atomic mass is 10.3. The standard InChI is InChI=1S/C14H20N4S/c1-4-8-18(3)10-12-6-5-7-13(16-12)17-14-15-9-11(2)19-14/h5-7,9H,4,8,10H2,1-3H3,(H,15,16,17). The van der Waals surface area contributed by atoms with E-state index in [-0.39, 0.29) is 0 Å². The van der Waals surface area contributed by atoms with E-state index in [4.69, 9.17) is 0 Å². The van der Waals surface area contributed by atoms with Crippen molar-refractivity contribution in [3.05, 3.63) is 35.0 Å². The van der Waals surface area contributed by atoms with Crippen molar-refractivity contribution in [1.82, 2.24) is 14.9 Å². The average molecular weight is 276 g/mol. The Labute approximate surface area is 118 Å². The fourth-order valence-electron chi connectivity index (χ4n) is 1.90. The van der Waals surface area contributed by atoms with E-state index in [0.717, 1.165) is 36.2 Å². The van der Waals surface area contributed by atoms with Crippen LogP contribution < -0.4 is 5.32 Å². The third-order valence-electron chi connectivity index (χ3n) is 2.70. The van der Waals surface area contributed by atoms with Gasteiger partial charge in [-0.1, -0.05) is 13.0 Å². The summed E-state index contributed by atoms with van der Waals surface area (Å²) >= 11 is 1.64. The third-order valence-corrected chi connectivity index (χ3v) is 3.53. The first-order valence-electron chi connectivity index (χ1n) is 6.51. The molecule has 0 aliphatic rings. The van der Waals surface area contributed by atoms with Gasteiger partial charge in [-0.25, -0.2) is 9.97 Å². The van der Waals surface area contributed by atoms with Gasteiger partial charge in [0, 0.05) is 17.6 Å². The van der Waals surface area contributed by atoms with E-state index in [0.29, 0.717) is 0 Å². The van der Waals surface area contributed by atoms with Gasteiger partial charge in [-0.05, 0) is 39.1 Å². The maximum atomic E-state index is 4.61. The number of anilines is 2. The van der Waals surface area contributed by atoms with Gasteiger partial charge < -0.3 is 10.2 Å². The molecule has 0 amide bonds. The van der Waals surface area contributed by atoms with E-state index < -0.39 is 0 Å². The number of nitrogens with zero attached hydrogens (tertiary/aromatic N) is 3. The van der Waals surface area contributed by atoms with Gasteiger partial charge in [0.25, 0.3) is 0 Å². The lowest BCUT2D eigenvalue weighted by Crippen LogP contribution is -2.19. The maximum Gasteiger partial charge on any atom is 0.188 e. The highest BCUT2D eigenvalue weighted by Crippen LogP contribution is 2.20. The fourth-order valence-corrected chi connectivity index (χ4v) is 2.57. The van der Waals surface area contributed by atoms with Crippen molar-refractivity contribution in [3.8, 4) is 0 Å². The molecule has 0 saturated carbocycles. The molecule has 0 bridgehead atoms. The molecular weight excluding hydrogens is 256 g/mol. The predicted octanol–water partition coefficient (Wildman–Crippen LogP) is 3.43. The highest BCUT2D eigenvalue weighted by atomic mass is 32.1. The molecule has 0 aliphatic carbocycles. The molecule has 0 atom stereocenters. The van der Waals surface area contributed by atoms with E-state index >= 15 is 0 Å². The molecule has 2 aromatic rings. The molecule has 0 aromatic carbocycles. The van der Waals surface area contributed by atoms with Crippen LogP contribution in [0.5, 0.6) is 0 Å². The molecule has 1 N–H and O–H groups in total. The monoisotopic (exact) mass is 276 g/mol. The third kappa shape index (κ3) is 4.29. The number of hydrogen-bond acceptors (Lipinski definition) is 5. The van der Waals surface area contributed by atoms with Crippen molar-refractivity contribution in [2.24, 2.45) is 0 Å². The maximum absolute atomic E-state index is 4.61. The Morgan fingerprint density at radius 3 is 2.89 bits per heavy atom. The molecule has 102 valence electrons. The predicted molar refractivity (Wildman–Crippen MR) is 81.0 cm³/mol. The minimum atomic E-state index is 0.858. The molecule has 2 rings (SSSR count). The Hall–Kier alpha value is -1.46. The lowest BCUT2D eigenvalue weighted by Gasteiger charge is -2.15. The van der Waals surface area contributed by atoms with Crippen LogP contribution in [0.25, 0.3) is 0 Å². The van der Waals surface area contributed by atoms with Gasteiger partial charge in [0.2, 0.25) is 0 Å². The van der Waals surface area contributed by atoms with Crippen molar-refractivity contribution < 1.29 is 0 Å². The molecule has 0 radical (unpaired) electrons. The quantitative estimate of drug-likeness (QED) is 0.877. The van der Waals surface area contributed by atoms with E-state index in [2.05, 4.69) is 40.2 Å². The fraction of sp³-hybridized carbons (Fsp3) is 0.429. The Balaban J connectivity index is 2.02. The van der Waals surface area contributed by atoms with Gasteiger partial charge in [0.1, 0.15) is 5.82 Å². The molecule has 2 aromatic heterocycles. The van der Waals surface area contributed by atoms with Crippen LogP contribution in [0, 0.1) is 6.92 Å². The summed E-state index contributed by atoms with van der Waals surface area (Å²) < 4.78 is 0. The van der Waals surface area contributed by atoms with Crippen LogP contribution in [0.2, 0.25) is 0 Å². The first kappa shape index (κ1) is 14.0. The van der Waals surface area contributed by atoms with Gasteiger partial charge >= 0.3 is 0 Å². The first-order chi connectivity index (χ1) is 9.17. The topological polar surface area (TPSA) is 41.0 Å². The number of hydrogen-bond donors (Lipinski definition) is 1. The highest BCUT2D eigenvalue weighted by molar-refractivity contribution is 7.15. The number of pyridine rings is 1. The average Bonchev–Trinajstić information content (AvgIpc) is 2.75. The zero-order valence-electron chi connectivity index (χ0n) is 11.7. The van der Waals surface area contributed by atoms with E-state index in [1.165, 1.54) is 4.88 Å². The SMILES string of the molecule is CCCN(C)Cc1cccc(Nc2ncc(C)s2)n1. The minimum absolute atomic E-state index is 0.858. The number of aromatic nitrogens is 2. The Bertz CT molecular complexity index is 524. The van der Waals surface area contributed by atoms with Crippen LogP contribution in [-0.2, 0) is 6.54 Å². The van der Waals surface area contributed by atoms with Gasteiger partial charge in [-0.15, -0.1) is 11.3 Å². The van der Waals surface area contributed by atoms with Crippen LogP contribution in [-0.4, -0.2) is 28.5 Å². The van der Waals surface area contributed by atoms with Gasteiger partial charge in [0.05, 0.1) is 5.69 Å². The van der Waals surface area contributed by atoms with Crippen molar-refractivity contribution in [1.29, 1.82) is 0 Å². The second kappa shape index (κ2) is 6.63. The first-order valence-corrected chi connectivity index (χ1v) is 7.33. The summed E-state index contributed by atoms with van der Waals surface area (Å²) in [5.41, 5.74) is 1.08. The molecule has 5 heteroatoms. The summed E-state index contributed by atoms with van der Waals surface area (Å²) in [4.78, 5) is 12.4. The summed E-state index contributed by atoms with van der Waals surface area (Å²) in [6.45, 7) is 6.20. The highest BCUT2D eigenvalue weighted by Gasteiger charge is 2.04. The molecule has 4 nitrogen and oxygen atoms in total. The molecular formula is C14H20N4S. The van der Waals surface area contributed by atoms with Gasteiger partial charge in [-0.2, -0.15) is 0 Å². The van der Waals surface area contributed by atoms with E-state index in [9.17, 15) is 0 Å². The molecule has 0 spiro atoms. The van der Waals surface area contributed by atoms with Crippen molar-refractivity contribution >= 4 is 22.3 Å². The van der Waals surface area contributed by atoms with E-state index in [1.807, 2.05) is 25.3 Å². The Kier molecular flexibility index (Phi) is 4.87. The molecule has 0 fully saturated rings. The number of nitrogens with one attached hydrogen (secondary N) is 1. The summed E-state index contributed by atoms with van der Waals surface area (Å²) in [6.07, 6.45) is 3.03. The zero-order chi connectivity index (χ0) is 13.7. The molecule has 0 aliphatic heterocycles. The van der Waals surface area contributed by atoms with Crippen molar-refractivity contribution in [2.75, 3.05) is 18.9 Å². The summed E-state index contributed by atoms with van der Waals surface area (Å²) in [6, 6.07) is 6.06. The van der Waals surface area contributed by atoms with Crippen LogP contribution in [0.1, 0.15) is 23.9 Å².